The van der Waals surface area contributed by atoms with Crippen molar-refractivity contribution in [3.8, 4) is 0 Å². The van der Waals surface area contributed by atoms with E-state index in [4.69, 9.17) is 0 Å². The number of ketones is 1. The number of fused-ring (bicyclic) bond motifs is 1. The third-order valence-electron chi connectivity index (χ3n) is 2.98. The molecule has 0 spiro atoms. The molecular formula is C13H19N3O2. The van der Waals surface area contributed by atoms with Crippen molar-refractivity contribution in [1.29, 1.82) is 0 Å². The van der Waals surface area contributed by atoms with E-state index in [9.17, 15) is 9.90 Å². The van der Waals surface area contributed by atoms with E-state index < -0.39 is 11.5 Å². The van der Waals surface area contributed by atoms with Gasteiger partial charge in [0.2, 0.25) is 0 Å². The van der Waals surface area contributed by atoms with Gasteiger partial charge in [-0.15, -0.1) is 0 Å². The number of hydrogen-bond donors (Lipinski definition) is 3. The summed E-state index contributed by atoms with van der Waals surface area (Å²) in [6, 6.07) is -0.264. The number of aliphatic hydroxyl groups is 1. The Kier molecular flexibility index (Phi) is 3.02. The van der Waals surface area contributed by atoms with E-state index in [2.05, 4.69) is 15.3 Å². The number of aliphatic imine (C=N–C) groups is 1. The van der Waals surface area contributed by atoms with Crippen molar-refractivity contribution in [3.63, 3.8) is 0 Å². The summed E-state index contributed by atoms with van der Waals surface area (Å²) in [6.07, 6.45) is 2.76. The van der Waals surface area contributed by atoms with Crippen molar-refractivity contribution in [2.75, 3.05) is 5.32 Å². The summed E-state index contributed by atoms with van der Waals surface area (Å²) in [5.74, 6) is 0.688. The van der Waals surface area contributed by atoms with E-state index in [1.54, 1.807) is 19.3 Å². The zero-order valence-corrected chi connectivity index (χ0v) is 11.1. The smallest absolute Gasteiger partial charge is 0.171 e. The van der Waals surface area contributed by atoms with Crippen LogP contribution in [-0.2, 0) is 0 Å². The number of H-pyrrole nitrogens is 1. The fourth-order valence-electron chi connectivity index (χ4n) is 1.85. The zero-order valence-electron chi connectivity index (χ0n) is 11.1. The minimum atomic E-state index is -0.561. The highest BCUT2D eigenvalue weighted by Crippen LogP contribution is 2.35. The number of hydrogen-bond acceptors (Lipinski definition) is 4. The highest BCUT2D eigenvalue weighted by Gasteiger charge is 2.30. The van der Waals surface area contributed by atoms with Crippen LogP contribution in [0.3, 0.4) is 0 Å². The van der Waals surface area contributed by atoms with Gasteiger partial charge in [0.25, 0.3) is 0 Å². The second-order valence-electron chi connectivity index (χ2n) is 5.69. The minimum absolute atomic E-state index is 0.0499. The number of rotatable bonds is 2. The molecule has 2 rings (SSSR count). The van der Waals surface area contributed by atoms with E-state index in [1.807, 2.05) is 20.8 Å². The molecule has 0 saturated heterocycles. The van der Waals surface area contributed by atoms with Gasteiger partial charge in [0.1, 0.15) is 0 Å². The molecule has 2 atom stereocenters. The lowest BCUT2D eigenvalue weighted by molar-refractivity contribution is 0.0859. The van der Waals surface area contributed by atoms with E-state index in [-0.39, 0.29) is 11.8 Å². The Morgan fingerprint density at radius 1 is 1.50 bits per heavy atom. The molecule has 98 valence electrons. The number of anilines is 1. The lowest BCUT2D eigenvalue weighted by Gasteiger charge is -2.24. The Bertz CT molecular complexity index is 495. The summed E-state index contributed by atoms with van der Waals surface area (Å²) < 4.78 is 0. The topological polar surface area (TPSA) is 77.5 Å². The molecule has 5 nitrogen and oxygen atoms in total. The molecule has 18 heavy (non-hydrogen) atoms. The van der Waals surface area contributed by atoms with Gasteiger partial charge in [0.15, 0.2) is 11.6 Å². The molecule has 2 heterocycles. The van der Waals surface area contributed by atoms with Gasteiger partial charge in [0, 0.05) is 17.8 Å². The summed E-state index contributed by atoms with van der Waals surface area (Å²) in [7, 11) is 0. The van der Waals surface area contributed by atoms with Crippen molar-refractivity contribution >= 4 is 23.5 Å². The lowest BCUT2D eigenvalue weighted by atomic mass is 9.87. The predicted molar refractivity (Wildman–Crippen MR) is 71.8 cm³/mol. The monoisotopic (exact) mass is 249 g/mol. The summed E-state index contributed by atoms with van der Waals surface area (Å²) in [4.78, 5) is 19.5. The van der Waals surface area contributed by atoms with Gasteiger partial charge in [0.05, 0.1) is 23.4 Å². The molecule has 0 saturated carbocycles. The summed E-state index contributed by atoms with van der Waals surface area (Å²) in [5, 5.41) is 12.7. The van der Waals surface area contributed by atoms with Crippen molar-refractivity contribution < 1.29 is 9.90 Å². The highest BCUT2D eigenvalue weighted by atomic mass is 16.3. The van der Waals surface area contributed by atoms with Crippen molar-refractivity contribution in [3.05, 3.63) is 11.8 Å². The van der Waals surface area contributed by atoms with Gasteiger partial charge >= 0.3 is 0 Å². The van der Waals surface area contributed by atoms with Crippen LogP contribution in [-0.4, -0.2) is 34.2 Å². The molecule has 3 N–H and O–H groups in total. The van der Waals surface area contributed by atoms with E-state index >= 15 is 0 Å². The fourth-order valence-corrected chi connectivity index (χ4v) is 1.85. The maximum absolute atomic E-state index is 12.3. The van der Waals surface area contributed by atoms with Crippen LogP contribution in [0, 0.1) is 5.41 Å². The maximum Gasteiger partial charge on any atom is 0.171 e. The van der Waals surface area contributed by atoms with Crippen LogP contribution >= 0.6 is 0 Å². The molecule has 1 aromatic heterocycles. The fraction of sp³-hybridized carbons (Fsp3) is 0.538. The van der Waals surface area contributed by atoms with Crippen LogP contribution < -0.4 is 5.32 Å². The van der Waals surface area contributed by atoms with Gasteiger partial charge in [-0.25, -0.2) is 4.99 Å². The van der Waals surface area contributed by atoms with Crippen LogP contribution in [0.2, 0.25) is 0 Å². The third kappa shape index (κ3) is 2.18. The standard InChI is InChI=1S/C13H19N3O2/c1-7(17)9-6-15-12-10(16-9)8(5-14-12)11(18)13(2,3)4/h5-7,9,14,16-17H,1-4H3. The lowest BCUT2D eigenvalue weighted by Crippen LogP contribution is -2.35. The number of Topliss-reactive ketones (excluding diaryl/α,β-unsaturated/α-hetero) is 1. The Balaban J connectivity index is 2.36. The van der Waals surface area contributed by atoms with Crippen LogP contribution in [0.1, 0.15) is 38.1 Å². The van der Waals surface area contributed by atoms with Gasteiger partial charge < -0.3 is 15.4 Å². The van der Waals surface area contributed by atoms with Crippen molar-refractivity contribution in [1.82, 2.24) is 4.98 Å². The van der Waals surface area contributed by atoms with Crippen molar-refractivity contribution in [2.24, 2.45) is 10.4 Å². The Morgan fingerprint density at radius 3 is 2.72 bits per heavy atom. The molecule has 0 amide bonds. The number of nitrogens with one attached hydrogen (secondary N) is 2. The second-order valence-corrected chi connectivity index (χ2v) is 5.69. The summed E-state index contributed by atoms with van der Waals surface area (Å²) >= 11 is 0. The first-order valence-electron chi connectivity index (χ1n) is 6.05. The van der Waals surface area contributed by atoms with Crippen molar-refractivity contribution in [2.45, 2.75) is 39.8 Å². The number of aromatic amines is 1. The zero-order chi connectivity index (χ0) is 13.5. The van der Waals surface area contributed by atoms with Crippen LogP contribution in [0.4, 0.5) is 11.5 Å². The first-order valence-corrected chi connectivity index (χ1v) is 6.05. The largest absolute Gasteiger partial charge is 0.391 e. The highest BCUT2D eigenvalue weighted by molar-refractivity contribution is 6.07. The molecule has 1 aliphatic heterocycles. The second kappa shape index (κ2) is 4.24. The van der Waals surface area contributed by atoms with E-state index in [0.29, 0.717) is 17.1 Å². The van der Waals surface area contributed by atoms with Crippen LogP contribution in [0.25, 0.3) is 0 Å². The molecule has 0 bridgehead atoms. The molecule has 2 unspecified atom stereocenters. The first-order chi connectivity index (χ1) is 8.30. The molecular weight excluding hydrogens is 230 g/mol. The number of nitrogens with zero attached hydrogens (tertiary/aromatic N) is 1. The SMILES string of the molecule is CC(O)C1C=Nc2[nH]cc(C(=O)C(C)(C)C)c2N1. The minimum Gasteiger partial charge on any atom is -0.391 e. The molecule has 0 aromatic carbocycles. The molecule has 5 heteroatoms. The van der Waals surface area contributed by atoms with Crippen LogP contribution in [0.15, 0.2) is 11.2 Å². The maximum atomic E-state index is 12.3. The van der Waals surface area contributed by atoms with Gasteiger partial charge in [-0.1, -0.05) is 20.8 Å². The number of aliphatic hydroxyl groups excluding tert-OH is 1. The normalized spacial score (nSPS) is 20.2. The summed E-state index contributed by atoms with van der Waals surface area (Å²) in [5.41, 5.74) is 0.836. The Hall–Kier alpha value is -1.62. The first kappa shape index (κ1) is 12.8. The Labute approximate surface area is 106 Å². The molecule has 0 radical (unpaired) electrons. The number of carbonyl (C=O) groups excluding carboxylic acids is 1. The molecule has 1 aromatic rings. The quantitative estimate of drug-likeness (QED) is 0.702. The van der Waals surface area contributed by atoms with E-state index in [1.165, 1.54) is 0 Å². The third-order valence-corrected chi connectivity index (χ3v) is 2.98. The Morgan fingerprint density at radius 2 is 2.17 bits per heavy atom. The average Bonchev–Trinajstić information content (AvgIpc) is 2.68. The van der Waals surface area contributed by atoms with Gasteiger partial charge in [-0.05, 0) is 6.92 Å². The van der Waals surface area contributed by atoms with Crippen LogP contribution in [0.5, 0.6) is 0 Å². The number of aromatic nitrogens is 1. The van der Waals surface area contributed by atoms with Gasteiger partial charge in [-0.2, -0.15) is 0 Å². The molecule has 0 aliphatic carbocycles. The average molecular weight is 249 g/mol. The van der Waals surface area contributed by atoms with Gasteiger partial charge in [-0.3, -0.25) is 4.79 Å². The predicted octanol–water partition coefficient (Wildman–Crippen LogP) is 2.12. The molecule has 0 fully saturated rings. The number of carbonyl (C=O) groups is 1. The molecule has 1 aliphatic rings. The van der Waals surface area contributed by atoms with E-state index in [0.717, 1.165) is 0 Å². The summed E-state index contributed by atoms with van der Waals surface area (Å²) in [6.45, 7) is 7.33.